The van der Waals surface area contributed by atoms with Crippen molar-refractivity contribution in [2.24, 2.45) is 0 Å². The summed E-state index contributed by atoms with van der Waals surface area (Å²) in [5, 5.41) is 14.7. The van der Waals surface area contributed by atoms with Crippen LogP contribution < -0.4 is 10.6 Å². The fourth-order valence-corrected chi connectivity index (χ4v) is 5.45. The van der Waals surface area contributed by atoms with Gasteiger partial charge in [0.2, 0.25) is 5.91 Å². The van der Waals surface area contributed by atoms with Gasteiger partial charge in [-0.05, 0) is 31.0 Å². The minimum atomic E-state index is -3.68. The van der Waals surface area contributed by atoms with E-state index < -0.39 is 32.6 Å². The summed E-state index contributed by atoms with van der Waals surface area (Å²) in [5.41, 5.74) is -0.552. The van der Waals surface area contributed by atoms with Crippen molar-refractivity contribution in [2.75, 3.05) is 6.54 Å². The lowest BCUT2D eigenvalue weighted by atomic mass is 9.93. The van der Waals surface area contributed by atoms with Crippen LogP contribution in [0.25, 0.3) is 0 Å². The summed E-state index contributed by atoms with van der Waals surface area (Å²) in [7, 11) is -3.68. The SMILES string of the molecule is CC(C#N)(NC(=O)[C@@H]1C[C@@H](S(=O)(=O)c2ccccc2Cl)CN1)c1ccccc1. The van der Waals surface area contributed by atoms with E-state index in [4.69, 9.17) is 11.6 Å². The maximum absolute atomic E-state index is 12.9. The van der Waals surface area contributed by atoms with Crippen LogP contribution in [0.4, 0.5) is 0 Å². The zero-order valence-electron chi connectivity index (χ0n) is 15.2. The summed E-state index contributed by atoms with van der Waals surface area (Å²) in [6, 6.07) is 16.6. The van der Waals surface area contributed by atoms with Crippen LogP contribution in [0.2, 0.25) is 5.02 Å². The van der Waals surface area contributed by atoms with Gasteiger partial charge in [0.05, 0.1) is 27.3 Å². The van der Waals surface area contributed by atoms with Gasteiger partial charge in [-0.3, -0.25) is 4.79 Å². The molecule has 1 amide bonds. The molecular formula is C20H20ClN3O3S. The molecule has 3 rings (SSSR count). The van der Waals surface area contributed by atoms with E-state index in [0.29, 0.717) is 5.56 Å². The fraction of sp³-hybridized carbons (Fsp3) is 0.300. The van der Waals surface area contributed by atoms with Gasteiger partial charge in [-0.25, -0.2) is 8.42 Å². The van der Waals surface area contributed by atoms with Crippen molar-refractivity contribution in [3.8, 4) is 6.07 Å². The first-order chi connectivity index (χ1) is 13.3. The highest BCUT2D eigenvalue weighted by Crippen LogP contribution is 2.29. The third-order valence-corrected chi connectivity index (χ3v) is 7.58. The predicted octanol–water partition coefficient (Wildman–Crippen LogP) is 2.40. The fourth-order valence-electron chi connectivity index (χ4n) is 3.26. The number of hydrogen-bond acceptors (Lipinski definition) is 5. The molecule has 1 heterocycles. The van der Waals surface area contributed by atoms with Crippen LogP contribution in [0.1, 0.15) is 18.9 Å². The molecule has 2 aromatic carbocycles. The molecule has 28 heavy (non-hydrogen) atoms. The largest absolute Gasteiger partial charge is 0.333 e. The molecule has 0 bridgehead atoms. The quantitative estimate of drug-likeness (QED) is 0.778. The Bertz CT molecular complexity index is 1020. The third kappa shape index (κ3) is 3.90. The van der Waals surface area contributed by atoms with E-state index in [-0.39, 0.29) is 22.9 Å². The molecule has 2 N–H and O–H groups in total. The first-order valence-corrected chi connectivity index (χ1v) is 10.7. The number of carbonyl (C=O) groups is 1. The Balaban J connectivity index is 1.74. The lowest BCUT2D eigenvalue weighted by Crippen LogP contribution is -2.49. The summed E-state index contributed by atoms with van der Waals surface area (Å²) < 4.78 is 25.8. The van der Waals surface area contributed by atoms with Crippen molar-refractivity contribution in [1.29, 1.82) is 5.26 Å². The summed E-state index contributed by atoms with van der Waals surface area (Å²) in [6.07, 6.45) is 0.107. The van der Waals surface area contributed by atoms with E-state index in [0.717, 1.165) is 0 Å². The third-order valence-electron chi connectivity index (χ3n) is 4.94. The van der Waals surface area contributed by atoms with Gasteiger partial charge in [0.1, 0.15) is 5.54 Å². The van der Waals surface area contributed by atoms with Crippen LogP contribution in [0, 0.1) is 11.3 Å². The second-order valence-electron chi connectivity index (χ2n) is 6.89. The average molecular weight is 418 g/mol. The van der Waals surface area contributed by atoms with Crippen LogP contribution in [0.3, 0.4) is 0 Å². The summed E-state index contributed by atoms with van der Waals surface area (Å²) in [5.74, 6) is -0.412. The second kappa shape index (κ2) is 7.92. The smallest absolute Gasteiger partial charge is 0.238 e. The summed E-state index contributed by atoms with van der Waals surface area (Å²) in [6.45, 7) is 1.76. The van der Waals surface area contributed by atoms with Crippen molar-refractivity contribution in [3.63, 3.8) is 0 Å². The van der Waals surface area contributed by atoms with E-state index in [1.165, 1.54) is 12.1 Å². The molecule has 146 valence electrons. The average Bonchev–Trinajstić information content (AvgIpc) is 3.20. The molecule has 0 aliphatic carbocycles. The number of nitrogens with zero attached hydrogens (tertiary/aromatic N) is 1. The standard InChI is InChI=1S/C20H20ClN3O3S/c1-20(13-22,14-7-3-2-4-8-14)24-19(25)17-11-15(12-23-17)28(26,27)18-10-6-5-9-16(18)21/h2-10,15,17,23H,11-12H2,1H3,(H,24,25)/t15-,17+,20?/m1/s1. The molecule has 1 unspecified atom stereocenters. The van der Waals surface area contributed by atoms with Crippen LogP contribution >= 0.6 is 11.6 Å². The maximum Gasteiger partial charge on any atom is 0.238 e. The summed E-state index contributed by atoms with van der Waals surface area (Å²) in [4.78, 5) is 12.8. The normalized spacial score (nSPS) is 21.5. The Labute approximate surface area is 169 Å². The molecule has 1 saturated heterocycles. The first-order valence-electron chi connectivity index (χ1n) is 8.78. The van der Waals surface area contributed by atoms with Crippen LogP contribution in [0.5, 0.6) is 0 Å². The molecule has 3 atom stereocenters. The highest BCUT2D eigenvalue weighted by Gasteiger charge is 2.40. The topological polar surface area (TPSA) is 99.1 Å². The zero-order valence-corrected chi connectivity index (χ0v) is 16.8. The molecular weight excluding hydrogens is 398 g/mol. The van der Waals surface area contributed by atoms with E-state index in [1.54, 1.807) is 43.3 Å². The molecule has 6 nitrogen and oxygen atoms in total. The highest BCUT2D eigenvalue weighted by molar-refractivity contribution is 7.92. The van der Waals surface area contributed by atoms with Gasteiger partial charge in [0, 0.05) is 6.54 Å². The molecule has 8 heteroatoms. The number of carbonyl (C=O) groups excluding carboxylic acids is 1. The lowest BCUT2D eigenvalue weighted by molar-refractivity contribution is -0.124. The Morgan fingerprint density at radius 3 is 2.50 bits per heavy atom. The van der Waals surface area contributed by atoms with Crippen LogP contribution in [0.15, 0.2) is 59.5 Å². The number of sulfone groups is 1. The number of nitriles is 1. The van der Waals surface area contributed by atoms with Crippen LogP contribution in [-0.4, -0.2) is 32.2 Å². The molecule has 0 radical (unpaired) electrons. The van der Waals surface area contributed by atoms with Gasteiger partial charge in [-0.15, -0.1) is 0 Å². The minimum Gasteiger partial charge on any atom is -0.333 e. The monoisotopic (exact) mass is 417 g/mol. The Morgan fingerprint density at radius 2 is 1.86 bits per heavy atom. The molecule has 1 aliphatic heterocycles. The van der Waals surface area contributed by atoms with Crippen LogP contribution in [-0.2, 0) is 20.2 Å². The van der Waals surface area contributed by atoms with Crippen molar-refractivity contribution in [1.82, 2.24) is 10.6 Å². The summed E-state index contributed by atoms with van der Waals surface area (Å²) >= 11 is 6.04. The lowest BCUT2D eigenvalue weighted by Gasteiger charge is -2.25. The Morgan fingerprint density at radius 1 is 1.21 bits per heavy atom. The molecule has 1 fully saturated rings. The van der Waals surface area contributed by atoms with E-state index >= 15 is 0 Å². The van der Waals surface area contributed by atoms with Crippen molar-refractivity contribution >= 4 is 27.3 Å². The number of rotatable bonds is 5. The Kier molecular flexibility index (Phi) is 5.75. The number of benzene rings is 2. The Hall–Kier alpha value is -2.40. The number of nitrogens with one attached hydrogen (secondary N) is 2. The molecule has 1 aliphatic rings. The van der Waals surface area contributed by atoms with Gasteiger partial charge in [0.25, 0.3) is 0 Å². The molecule has 2 aromatic rings. The van der Waals surface area contributed by atoms with Crippen molar-refractivity contribution in [3.05, 3.63) is 65.2 Å². The highest BCUT2D eigenvalue weighted by atomic mass is 35.5. The first kappa shape index (κ1) is 20.3. The molecule has 0 spiro atoms. The van der Waals surface area contributed by atoms with Gasteiger partial charge >= 0.3 is 0 Å². The van der Waals surface area contributed by atoms with E-state index in [2.05, 4.69) is 16.7 Å². The number of amides is 1. The van der Waals surface area contributed by atoms with Gasteiger partial charge in [-0.1, -0.05) is 54.1 Å². The molecule has 0 aromatic heterocycles. The van der Waals surface area contributed by atoms with E-state index in [9.17, 15) is 18.5 Å². The zero-order chi connectivity index (χ0) is 20.4. The van der Waals surface area contributed by atoms with Crippen molar-refractivity contribution in [2.45, 2.75) is 35.1 Å². The maximum atomic E-state index is 12.9. The minimum absolute atomic E-state index is 0.0654. The van der Waals surface area contributed by atoms with E-state index in [1.807, 2.05) is 6.07 Å². The van der Waals surface area contributed by atoms with Gasteiger partial charge in [-0.2, -0.15) is 5.26 Å². The number of halogens is 1. The van der Waals surface area contributed by atoms with Gasteiger partial charge < -0.3 is 10.6 Å². The number of hydrogen-bond donors (Lipinski definition) is 2. The van der Waals surface area contributed by atoms with Crippen molar-refractivity contribution < 1.29 is 13.2 Å². The second-order valence-corrected chi connectivity index (χ2v) is 9.49. The predicted molar refractivity (Wildman–Crippen MR) is 106 cm³/mol. The molecule has 0 saturated carbocycles. The van der Waals surface area contributed by atoms with Gasteiger partial charge in [0.15, 0.2) is 9.84 Å².